The van der Waals surface area contributed by atoms with Crippen LogP contribution in [0, 0.1) is 0 Å². The van der Waals surface area contributed by atoms with Crippen molar-refractivity contribution in [2.24, 2.45) is 0 Å². The van der Waals surface area contributed by atoms with Crippen LogP contribution in [0.3, 0.4) is 0 Å². The Morgan fingerprint density at radius 2 is 0.679 bits per heavy atom. The highest BCUT2D eigenvalue weighted by Gasteiger charge is 2.44. The van der Waals surface area contributed by atoms with Crippen LogP contribution in [0.15, 0.2) is 91.0 Å². The summed E-state index contributed by atoms with van der Waals surface area (Å²) in [4.78, 5) is 0. The van der Waals surface area contributed by atoms with Crippen LogP contribution in [0.25, 0.3) is 0 Å². The molecule has 0 saturated carbocycles. The summed E-state index contributed by atoms with van der Waals surface area (Å²) in [7, 11) is -5.47. The second-order valence-corrected chi connectivity index (χ2v) is 43.0. The molecule has 0 fully saturated rings. The van der Waals surface area contributed by atoms with E-state index in [2.05, 4.69) is 130 Å². The molecule has 0 aliphatic rings. The van der Waals surface area contributed by atoms with Crippen LogP contribution in [-0.4, -0.2) is 30.1 Å². The van der Waals surface area contributed by atoms with Crippen molar-refractivity contribution in [2.45, 2.75) is 39.3 Å². The quantitative estimate of drug-likeness (QED) is 0.395. The lowest BCUT2D eigenvalue weighted by Crippen LogP contribution is -2.87. The van der Waals surface area contributed by atoms with E-state index in [9.17, 15) is 0 Å². The molecule has 0 spiro atoms. The molecule has 0 bridgehead atoms. The zero-order valence-corrected chi connectivity index (χ0v) is 22.2. The van der Waals surface area contributed by atoms with E-state index in [0.717, 1.165) is 0 Å². The summed E-state index contributed by atoms with van der Waals surface area (Å²) in [6.45, 7) is 15.9. The van der Waals surface area contributed by atoms with Crippen molar-refractivity contribution in [3.05, 3.63) is 91.0 Å². The highest BCUT2D eigenvalue weighted by Crippen LogP contribution is 2.26. The van der Waals surface area contributed by atoms with E-state index in [-0.39, 0.29) is 0 Å². The van der Waals surface area contributed by atoms with Gasteiger partial charge in [-0.05, 0) is 7.59 Å². The Balaban J connectivity index is 2.51. The van der Waals surface area contributed by atoms with Gasteiger partial charge in [0.15, 0.2) is 0 Å². The van der Waals surface area contributed by atoms with E-state index in [1.807, 2.05) is 0 Å². The molecule has 28 heavy (non-hydrogen) atoms. The summed E-state index contributed by atoms with van der Waals surface area (Å²) < 4.78 is 0. The van der Waals surface area contributed by atoms with Crippen molar-refractivity contribution in [1.29, 1.82) is 0 Å². The van der Waals surface area contributed by atoms with E-state index in [1.165, 1.54) is 0 Å². The van der Waals surface area contributed by atoms with Crippen LogP contribution in [0.5, 0.6) is 0 Å². The normalized spacial score (nSPS) is 13.0. The van der Waals surface area contributed by atoms with Gasteiger partial charge in [-0.15, -0.1) is 15.2 Å². The molecule has 3 aromatic carbocycles. The fraction of sp³-hybridized carbons (Fsp3) is 0.250. The molecule has 0 heterocycles. The molecular weight excluding hydrogens is 401 g/mol. The number of hydrogen-bond donors (Lipinski definition) is 0. The number of rotatable bonds is 6. The maximum Gasteiger partial charge on any atom is -0.00129 e. The fourth-order valence-corrected chi connectivity index (χ4v) is 79.6. The van der Waals surface area contributed by atoms with Gasteiger partial charge in [0.05, 0.1) is 0 Å². The number of benzene rings is 3. The lowest BCUT2D eigenvalue weighted by Gasteiger charge is -2.63. The van der Waals surface area contributed by atoms with Gasteiger partial charge in [-0.25, -0.2) is 7.35 Å². The van der Waals surface area contributed by atoms with Crippen molar-refractivity contribution in [3.63, 3.8) is 0 Å². The van der Waals surface area contributed by atoms with E-state index in [4.69, 9.17) is 0 Å². The number of hydrogen-bond acceptors (Lipinski definition) is 0. The Kier molecular flexibility index (Phi) is 6.15. The van der Waals surface area contributed by atoms with E-state index >= 15 is 0 Å². The summed E-state index contributed by atoms with van der Waals surface area (Å²) in [5.74, 6) is 0. The maximum atomic E-state index is 2.65. The summed E-state index contributed by atoms with van der Waals surface area (Å²) in [6, 6.07) is 34.7. The zero-order chi connectivity index (χ0) is 20.4. The summed E-state index contributed by atoms with van der Waals surface area (Å²) >= 11 is 0. The highest BCUT2D eigenvalue weighted by atomic mass is 29.9. The predicted molar refractivity (Wildman–Crippen MR) is 136 cm³/mol. The van der Waals surface area contributed by atoms with E-state index in [0.29, 0.717) is 0 Å². The Hall–Kier alpha value is -1.47. The van der Waals surface area contributed by atoms with Crippen molar-refractivity contribution < 1.29 is 0 Å². The average molecular weight is 434 g/mol. The molecule has 0 radical (unpaired) electrons. The van der Waals surface area contributed by atoms with Crippen molar-refractivity contribution in [1.82, 2.24) is 0 Å². The predicted octanol–water partition coefficient (Wildman–Crippen LogP) is 4.56. The van der Waals surface area contributed by atoms with Crippen molar-refractivity contribution in [2.75, 3.05) is 0 Å². The average Bonchev–Trinajstić information content (AvgIpc) is 2.66. The lowest BCUT2D eigenvalue weighted by atomic mass is 10.3. The minimum atomic E-state index is -2.10. The SMILES string of the molecule is C[Si](C)(C)[Si-]([Si](C)(C)C)[Si](c1ccccc1)(c1ccccc1)c1ccccc1. The molecule has 0 aliphatic heterocycles. The van der Waals surface area contributed by atoms with Gasteiger partial charge in [0.25, 0.3) is 0 Å². The van der Waals surface area contributed by atoms with Gasteiger partial charge in [0, 0.05) is 0 Å². The van der Waals surface area contributed by atoms with Crippen LogP contribution in [0.2, 0.25) is 39.3 Å². The standard InChI is InChI=1S/C24H33Si4/c1-26(2,3)25(27(4,5)6)28(22-16-10-7-11-17-22,23-18-12-8-13-19-23)24-20-14-9-15-21-24/h7-21H,1-6H3/q-1. The molecule has 0 atom stereocenters. The Bertz CT molecular complexity index is 768. The van der Waals surface area contributed by atoms with Crippen LogP contribution < -0.4 is 15.6 Å². The zero-order valence-electron chi connectivity index (χ0n) is 18.2. The second-order valence-electron chi connectivity index (χ2n) is 9.72. The van der Waals surface area contributed by atoms with E-state index < -0.39 is 30.1 Å². The third kappa shape index (κ3) is 3.96. The first-order valence-corrected chi connectivity index (χ1v) is 23.7. The molecule has 0 N–H and O–H groups in total. The van der Waals surface area contributed by atoms with Crippen LogP contribution in [-0.2, 0) is 0 Å². The lowest BCUT2D eigenvalue weighted by molar-refractivity contribution is 1.69. The van der Waals surface area contributed by atoms with Crippen LogP contribution >= 0.6 is 0 Å². The topological polar surface area (TPSA) is 0 Å². The van der Waals surface area contributed by atoms with Gasteiger partial charge in [-0.2, -0.15) is 0 Å². The molecule has 0 saturated heterocycles. The minimum Gasteiger partial charge on any atom is -0.234 e. The molecular formula is C24H33Si4-. The maximum absolute atomic E-state index is 2.65. The van der Waals surface area contributed by atoms with Gasteiger partial charge >= 0.3 is 0 Å². The minimum absolute atomic E-state index is 0.613. The van der Waals surface area contributed by atoms with Gasteiger partial charge in [0.2, 0.25) is 0 Å². The Morgan fingerprint density at radius 1 is 0.429 bits per heavy atom. The summed E-state index contributed by atoms with van der Waals surface area (Å²) in [5, 5.41) is 4.85. The molecule has 0 nitrogen and oxygen atoms in total. The molecule has 0 unspecified atom stereocenters. The van der Waals surface area contributed by atoms with Crippen LogP contribution in [0.1, 0.15) is 0 Å². The van der Waals surface area contributed by atoms with Gasteiger partial charge in [-0.1, -0.05) is 146 Å². The second kappa shape index (κ2) is 8.11. The first-order valence-electron chi connectivity index (χ1n) is 10.2. The molecule has 0 amide bonds. The fourth-order valence-electron chi connectivity index (χ4n) is 5.25. The van der Waals surface area contributed by atoms with Gasteiger partial charge in [-0.3, -0.25) is 0 Å². The molecule has 3 aromatic rings. The Labute approximate surface area is 175 Å². The van der Waals surface area contributed by atoms with Gasteiger partial charge in [0.1, 0.15) is 0 Å². The molecule has 4 heteroatoms. The third-order valence-electron chi connectivity index (χ3n) is 5.50. The highest BCUT2D eigenvalue weighted by molar-refractivity contribution is 7.87. The summed E-state index contributed by atoms with van der Waals surface area (Å²) in [5.41, 5.74) is 0. The molecule has 0 aromatic heterocycles. The van der Waals surface area contributed by atoms with Crippen molar-refractivity contribution in [3.8, 4) is 0 Å². The smallest absolute Gasteiger partial charge is 0.00129 e. The monoisotopic (exact) mass is 433 g/mol. The largest absolute Gasteiger partial charge is 0.234 e. The van der Waals surface area contributed by atoms with Gasteiger partial charge < -0.3 is 0 Å². The third-order valence-corrected chi connectivity index (χ3v) is 60.4. The summed E-state index contributed by atoms with van der Waals surface area (Å²) in [6.07, 6.45) is 0. The molecule has 146 valence electrons. The first-order chi connectivity index (χ1) is 13.2. The van der Waals surface area contributed by atoms with E-state index in [1.54, 1.807) is 15.6 Å². The molecule has 0 aliphatic carbocycles. The van der Waals surface area contributed by atoms with Crippen molar-refractivity contribution >= 4 is 45.7 Å². The molecule has 3 rings (SSSR count). The Morgan fingerprint density at radius 3 is 0.893 bits per heavy atom. The van der Waals surface area contributed by atoms with Crippen LogP contribution in [0.4, 0.5) is 0 Å². The first kappa shape index (κ1) is 21.2.